The first kappa shape index (κ1) is 12.0. The van der Waals surface area contributed by atoms with E-state index in [1.165, 1.54) is 25.8 Å². The highest BCUT2D eigenvalue weighted by molar-refractivity contribution is 4.86. The maximum absolute atomic E-state index is 6.13. The maximum Gasteiger partial charge on any atom is 0.0196 e. The summed E-state index contributed by atoms with van der Waals surface area (Å²) in [5.74, 6) is 1.64. The van der Waals surface area contributed by atoms with Crippen LogP contribution < -0.4 is 5.73 Å². The zero-order chi connectivity index (χ0) is 10.6. The Balaban J connectivity index is 2.22. The van der Waals surface area contributed by atoms with Gasteiger partial charge in [0.25, 0.3) is 0 Å². The van der Waals surface area contributed by atoms with Gasteiger partial charge in [-0.05, 0) is 31.2 Å². The monoisotopic (exact) mass is 198 g/mol. The molecule has 2 heteroatoms. The van der Waals surface area contributed by atoms with Crippen molar-refractivity contribution < 1.29 is 0 Å². The van der Waals surface area contributed by atoms with Crippen LogP contribution in [-0.4, -0.2) is 30.6 Å². The lowest BCUT2D eigenvalue weighted by atomic mass is 10.1. The molecular formula is C12H26N2. The molecule has 0 amide bonds. The highest BCUT2D eigenvalue weighted by Crippen LogP contribution is 2.31. The van der Waals surface area contributed by atoms with E-state index in [0.717, 1.165) is 24.9 Å². The van der Waals surface area contributed by atoms with Crippen molar-refractivity contribution in [2.45, 2.75) is 46.1 Å². The van der Waals surface area contributed by atoms with Gasteiger partial charge in [0.1, 0.15) is 0 Å². The SMILES string of the molecule is CCC(C)CN(CC)CC(N)C1CC1. The van der Waals surface area contributed by atoms with Crippen LogP contribution in [0.3, 0.4) is 0 Å². The molecule has 2 nitrogen and oxygen atoms in total. The molecule has 0 spiro atoms. The third-order valence-electron chi connectivity index (χ3n) is 3.41. The quantitative estimate of drug-likeness (QED) is 0.679. The van der Waals surface area contributed by atoms with Gasteiger partial charge in [0, 0.05) is 19.1 Å². The summed E-state index contributed by atoms with van der Waals surface area (Å²) < 4.78 is 0. The van der Waals surface area contributed by atoms with E-state index < -0.39 is 0 Å². The molecule has 1 saturated carbocycles. The molecule has 0 aromatic rings. The number of likely N-dealkylation sites (N-methyl/N-ethyl adjacent to an activating group) is 1. The van der Waals surface area contributed by atoms with Gasteiger partial charge in [0.15, 0.2) is 0 Å². The van der Waals surface area contributed by atoms with E-state index in [9.17, 15) is 0 Å². The Hall–Kier alpha value is -0.0800. The Morgan fingerprint density at radius 3 is 2.36 bits per heavy atom. The molecule has 84 valence electrons. The average molecular weight is 198 g/mol. The molecule has 1 aliphatic carbocycles. The van der Waals surface area contributed by atoms with Gasteiger partial charge in [-0.2, -0.15) is 0 Å². The highest BCUT2D eigenvalue weighted by atomic mass is 15.1. The van der Waals surface area contributed by atoms with Crippen LogP contribution in [-0.2, 0) is 0 Å². The normalized spacial score (nSPS) is 21.2. The predicted molar refractivity (Wildman–Crippen MR) is 62.3 cm³/mol. The van der Waals surface area contributed by atoms with Crippen LogP contribution in [0.5, 0.6) is 0 Å². The minimum Gasteiger partial charge on any atom is -0.326 e. The van der Waals surface area contributed by atoms with E-state index in [1.807, 2.05) is 0 Å². The van der Waals surface area contributed by atoms with Gasteiger partial charge >= 0.3 is 0 Å². The standard InChI is InChI=1S/C12H26N2/c1-4-10(3)8-14(5-2)9-12(13)11-6-7-11/h10-12H,4-9,13H2,1-3H3. The zero-order valence-corrected chi connectivity index (χ0v) is 10.00. The van der Waals surface area contributed by atoms with Gasteiger partial charge < -0.3 is 10.6 Å². The van der Waals surface area contributed by atoms with Crippen molar-refractivity contribution in [1.82, 2.24) is 4.90 Å². The molecule has 0 saturated heterocycles. The summed E-state index contributed by atoms with van der Waals surface area (Å²) in [5, 5.41) is 0. The van der Waals surface area contributed by atoms with E-state index in [0.29, 0.717) is 6.04 Å². The van der Waals surface area contributed by atoms with Crippen molar-refractivity contribution in [2.75, 3.05) is 19.6 Å². The molecular weight excluding hydrogens is 172 g/mol. The van der Waals surface area contributed by atoms with Crippen LogP contribution in [0.25, 0.3) is 0 Å². The summed E-state index contributed by atoms with van der Waals surface area (Å²) in [7, 11) is 0. The van der Waals surface area contributed by atoms with E-state index in [2.05, 4.69) is 25.7 Å². The summed E-state index contributed by atoms with van der Waals surface area (Å²) >= 11 is 0. The first-order valence-electron chi connectivity index (χ1n) is 6.15. The molecule has 0 heterocycles. The van der Waals surface area contributed by atoms with Crippen LogP contribution in [0.2, 0.25) is 0 Å². The fourth-order valence-corrected chi connectivity index (χ4v) is 1.87. The molecule has 1 fully saturated rings. The lowest BCUT2D eigenvalue weighted by molar-refractivity contribution is 0.225. The van der Waals surface area contributed by atoms with E-state index >= 15 is 0 Å². The summed E-state index contributed by atoms with van der Waals surface area (Å²) in [6, 6.07) is 0.430. The summed E-state index contributed by atoms with van der Waals surface area (Å²) in [4.78, 5) is 2.51. The number of nitrogens with two attached hydrogens (primary N) is 1. The van der Waals surface area contributed by atoms with E-state index in [-0.39, 0.29) is 0 Å². The smallest absolute Gasteiger partial charge is 0.0196 e. The van der Waals surface area contributed by atoms with E-state index in [4.69, 9.17) is 5.73 Å². The summed E-state index contributed by atoms with van der Waals surface area (Å²) in [6.45, 7) is 10.3. The van der Waals surface area contributed by atoms with Crippen molar-refractivity contribution in [2.24, 2.45) is 17.6 Å². The van der Waals surface area contributed by atoms with Gasteiger partial charge in [-0.25, -0.2) is 0 Å². The van der Waals surface area contributed by atoms with Crippen molar-refractivity contribution in [1.29, 1.82) is 0 Å². The Morgan fingerprint density at radius 2 is 1.93 bits per heavy atom. The third kappa shape index (κ3) is 3.97. The number of hydrogen-bond donors (Lipinski definition) is 1. The van der Waals surface area contributed by atoms with Crippen molar-refractivity contribution in [3.63, 3.8) is 0 Å². The lowest BCUT2D eigenvalue weighted by Gasteiger charge is -2.26. The first-order chi connectivity index (χ1) is 6.67. The van der Waals surface area contributed by atoms with E-state index in [1.54, 1.807) is 0 Å². The minimum atomic E-state index is 0.430. The van der Waals surface area contributed by atoms with Gasteiger partial charge in [-0.3, -0.25) is 0 Å². The molecule has 0 bridgehead atoms. The zero-order valence-electron chi connectivity index (χ0n) is 10.00. The molecule has 0 radical (unpaired) electrons. The van der Waals surface area contributed by atoms with Gasteiger partial charge in [0.05, 0.1) is 0 Å². The molecule has 0 aromatic heterocycles. The van der Waals surface area contributed by atoms with Gasteiger partial charge in [-0.1, -0.05) is 27.2 Å². The molecule has 0 aliphatic heterocycles. The molecule has 2 unspecified atom stereocenters. The fraction of sp³-hybridized carbons (Fsp3) is 1.00. The molecule has 2 N–H and O–H groups in total. The maximum atomic E-state index is 6.13. The second-order valence-electron chi connectivity index (χ2n) is 4.87. The fourth-order valence-electron chi connectivity index (χ4n) is 1.87. The van der Waals surface area contributed by atoms with Crippen LogP contribution in [0.4, 0.5) is 0 Å². The summed E-state index contributed by atoms with van der Waals surface area (Å²) in [6.07, 6.45) is 4.00. The molecule has 1 aliphatic rings. The molecule has 1 rings (SSSR count). The second-order valence-corrected chi connectivity index (χ2v) is 4.87. The topological polar surface area (TPSA) is 29.3 Å². The molecule has 0 aromatic carbocycles. The Labute approximate surface area is 88.8 Å². The number of nitrogens with zero attached hydrogens (tertiary/aromatic N) is 1. The second kappa shape index (κ2) is 5.72. The Kier molecular flexibility index (Phi) is 4.90. The van der Waals surface area contributed by atoms with Crippen LogP contribution in [0.15, 0.2) is 0 Å². The van der Waals surface area contributed by atoms with Gasteiger partial charge in [-0.15, -0.1) is 0 Å². The van der Waals surface area contributed by atoms with Crippen molar-refractivity contribution >= 4 is 0 Å². The van der Waals surface area contributed by atoms with Gasteiger partial charge in [0.2, 0.25) is 0 Å². The Bertz CT molecular complexity index is 154. The first-order valence-corrected chi connectivity index (χ1v) is 6.15. The van der Waals surface area contributed by atoms with Crippen LogP contribution >= 0.6 is 0 Å². The third-order valence-corrected chi connectivity index (χ3v) is 3.41. The van der Waals surface area contributed by atoms with Crippen molar-refractivity contribution in [3.8, 4) is 0 Å². The van der Waals surface area contributed by atoms with Crippen LogP contribution in [0, 0.1) is 11.8 Å². The summed E-state index contributed by atoms with van der Waals surface area (Å²) in [5.41, 5.74) is 6.13. The predicted octanol–water partition coefficient (Wildman–Crippen LogP) is 2.09. The molecule has 2 atom stereocenters. The molecule has 14 heavy (non-hydrogen) atoms. The number of hydrogen-bond acceptors (Lipinski definition) is 2. The van der Waals surface area contributed by atoms with Crippen LogP contribution in [0.1, 0.15) is 40.0 Å². The highest BCUT2D eigenvalue weighted by Gasteiger charge is 2.29. The van der Waals surface area contributed by atoms with Crippen molar-refractivity contribution in [3.05, 3.63) is 0 Å². The average Bonchev–Trinajstić information content (AvgIpc) is 2.99. The Morgan fingerprint density at radius 1 is 1.29 bits per heavy atom. The largest absolute Gasteiger partial charge is 0.326 e. The lowest BCUT2D eigenvalue weighted by Crippen LogP contribution is -2.40. The minimum absolute atomic E-state index is 0.430. The number of rotatable bonds is 7.